The van der Waals surface area contributed by atoms with Gasteiger partial charge in [0.05, 0.1) is 11.0 Å². The molecule has 1 aromatic carbocycles. The molecule has 1 N–H and O–H groups in total. The van der Waals surface area contributed by atoms with Gasteiger partial charge in [0, 0.05) is 45.3 Å². The Morgan fingerprint density at radius 3 is 2.65 bits per heavy atom. The van der Waals surface area contributed by atoms with Crippen molar-refractivity contribution < 1.29 is 9.59 Å². The van der Waals surface area contributed by atoms with Crippen LogP contribution in [0.5, 0.6) is 0 Å². The van der Waals surface area contributed by atoms with Crippen molar-refractivity contribution in [2.24, 2.45) is 7.05 Å². The fraction of sp³-hybridized carbons (Fsp3) is 0.526. The number of nitrogens with zero attached hydrogens (tertiary/aromatic N) is 4. The minimum absolute atomic E-state index is 0.00558. The van der Waals surface area contributed by atoms with Gasteiger partial charge in [-0.2, -0.15) is 0 Å². The number of rotatable bonds is 3. The van der Waals surface area contributed by atoms with E-state index < -0.39 is 0 Å². The number of hydrogen-bond acceptors (Lipinski definition) is 3. The van der Waals surface area contributed by atoms with Gasteiger partial charge in [0.2, 0.25) is 0 Å². The average Bonchev–Trinajstić information content (AvgIpc) is 2.82. The number of hydrogen-bond donors (Lipinski definition) is 1. The van der Waals surface area contributed by atoms with Crippen molar-refractivity contribution in [1.82, 2.24) is 24.7 Å². The van der Waals surface area contributed by atoms with Crippen molar-refractivity contribution in [3.63, 3.8) is 0 Å². The molecule has 7 nitrogen and oxygen atoms in total. The molecule has 1 aliphatic rings. The van der Waals surface area contributed by atoms with E-state index in [1.165, 1.54) is 0 Å². The summed E-state index contributed by atoms with van der Waals surface area (Å²) in [5, 5.41) is 2.91. The Kier molecular flexibility index (Phi) is 5.44. The first kappa shape index (κ1) is 18.2. The molecule has 1 aliphatic heterocycles. The lowest BCUT2D eigenvalue weighted by Gasteiger charge is -2.22. The Morgan fingerprint density at radius 2 is 1.88 bits per heavy atom. The Bertz CT molecular complexity index is 814. The van der Waals surface area contributed by atoms with Crippen LogP contribution in [0.25, 0.3) is 11.0 Å². The number of nitrogens with one attached hydrogen (secondary N) is 1. The summed E-state index contributed by atoms with van der Waals surface area (Å²) in [5.41, 5.74) is 2.51. The maximum absolute atomic E-state index is 12.9. The van der Waals surface area contributed by atoms with Crippen LogP contribution in [0.4, 0.5) is 4.79 Å². The summed E-state index contributed by atoms with van der Waals surface area (Å²) in [4.78, 5) is 33.2. The van der Waals surface area contributed by atoms with E-state index in [-0.39, 0.29) is 11.9 Å². The van der Waals surface area contributed by atoms with Gasteiger partial charge in [-0.25, -0.2) is 9.78 Å². The van der Waals surface area contributed by atoms with E-state index >= 15 is 0 Å². The van der Waals surface area contributed by atoms with Crippen molar-refractivity contribution in [2.75, 3.05) is 32.7 Å². The molecule has 0 radical (unpaired) electrons. The largest absolute Gasteiger partial charge is 0.338 e. The number of carbonyl (C=O) groups excluding carboxylic acids is 2. The molecule has 0 atom stereocenters. The first-order valence-electron chi connectivity index (χ1n) is 9.26. The van der Waals surface area contributed by atoms with E-state index in [2.05, 4.69) is 10.3 Å². The zero-order valence-corrected chi connectivity index (χ0v) is 15.8. The average molecular weight is 357 g/mol. The Balaban J connectivity index is 1.69. The Hall–Kier alpha value is -2.57. The lowest BCUT2D eigenvalue weighted by atomic mass is 10.1. The summed E-state index contributed by atoms with van der Waals surface area (Å²) >= 11 is 0. The summed E-state index contributed by atoms with van der Waals surface area (Å²) in [6.45, 7) is 7.12. The van der Waals surface area contributed by atoms with Crippen LogP contribution in [0.3, 0.4) is 0 Å². The van der Waals surface area contributed by atoms with Gasteiger partial charge in [-0.3, -0.25) is 4.79 Å². The number of amides is 3. The number of urea groups is 1. The summed E-state index contributed by atoms with van der Waals surface area (Å²) in [6, 6.07) is 5.64. The van der Waals surface area contributed by atoms with Crippen LogP contribution in [0.1, 0.15) is 35.9 Å². The zero-order chi connectivity index (χ0) is 18.7. The number of imidazole rings is 1. The van der Waals surface area contributed by atoms with E-state index in [0.717, 1.165) is 29.7 Å². The number of aryl methyl sites for hydroxylation is 2. The quantitative estimate of drug-likeness (QED) is 0.915. The lowest BCUT2D eigenvalue weighted by molar-refractivity contribution is 0.0762. The van der Waals surface area contributed by atoms with Crippen molar-refractivity contribution in [2.45, 2.75) is 26.7 Å². The highest BCUT2D eigenvalue weighted by Gasteiger charge is 2.23. The predicted octanol–water partition coefficient (Wildman–Crippen LogP) is 2.15. The van der Waals surface area contributed by atoms with Gasteiger partial charge in [0.15, 0.2) is 0 Å². The maximum atomic E-state index is 12.9. The van der Waals surface area contributed by atoms with Crippen LogP contribution in [0, 0.1) is 6.92 Å². The van der Waals surface area contributed by atoms with Gasteiger partial charge in [0.1, 0.15) is 5.82 Å². The van der Waals surface area contributed by atoms with Crippen LogP contribution < -0.4 is 5.32 Å². The molecule has 0 bridgehead atoms. The highest BCUT2D eigenvalue weighted by atomic mass is 16.2. The van der Waals surface area contributed by atoms with Gasteiger partial charge in [0.25, 0.3) is 5.91 Å². The lowest BCUT2D eigenvalue weighted by Crippen LogP contribution is -2.42. The van der Waals surface area contributed by atoms with Gasteiger partial charge in [-0.1, -0.05) is 6.92 Å². The molecule has 7 heteroatoms. The van der Waals surface area contributed by atoms with Gasteiger partial charge in [-0.05, 0) is 38.0 Å². The molecule has 2 aromatic rings. The van der Waals surface area contributed by atoms with Gasteiger partial charge >= 0.3 is 6.03 Å². The highest BCUT2D eigenvalue weighted by Crippen LogP contribution is 2.18. The molecular formula is C19H27N5O2. The zero-order valence-electron chi connectivity index (χ0n) is 15.8. The molecule has 2 heterocycles. The molecule has 1 fully saturated rings. The minimum Gasteiger partial charge on any atom is -0.338 e. The first-order valence-corrected chi connectivity index (χ1v) is 9.26. The molecule has 26 heavy (non-hydrogen) atoms. The second kappa shape index (κ2) is 7.76. The third-order valence-corrected chi connectivity index (χ3v) is 4.95. The summed E-state index contributed by atoms with van der Waals surface area (Å²) < 4.78 is 2.02. The second-order valence-electron chi connectivity index (χ2n) is 6.79. The van der Waals surface area contributed by atoms with Crippen molar-refractivity contribution in [1.29, 1.82) is 0 Å². The Morgan fingerprint density at radius 1 is 1.15 bits per heavy atom. The van der Waals surface area contributed by atoms with Crippen molar-refractivity contribution in [3.8, 4) is 0 Å². The number of aromatic nitrogens is 2. The van der Waals surface area contributed by atoms with Gasteiger partial charge in [-0.15, -0.1) is 0 Å². The molecule has 1 saturated heterocycles. The van der Waals surface area contributed by atoms with E-state index in [4.69, 9.17) is 0 Å². The fourth-order valence-corrected chi connectivity index (χ4v) is 3.30. The molecule has 3 rings (SSSR count). The Labute approximate surface area is 154 Å². The second-order valence-corrected chi connectivity index (χ2v) is 6.79. The summed E-state index contributed by atoms with van der Waals surface area (Å²) in [7, 11) is 1.97. The minimum atomic E-state index is -0.0356. The smallest absolute Gasteiger partial charge is 0.317 e. The van der Waals surface area contributed by atoms with Gasteiger partial charge < -0.3 is 19.7 Å². The van der Waals surface area contributed by atoms with E-state index in [9.17, 15) is 9.59 Å². The number of fused-ring (bicyclic) bond motifs is 1. The topological polar surface area (TPSA) is 70.5 Å². The summed E-state index contributed by atoms with van der Waals surface area (Å²) in [5.74, 6) is 0.930. The molecule has 0 spiro atoms. The van der Waals surface area contributed by atoms with Crippen LogP contribution in [-0.4, -0.2) is 64.0 Å². The number of benzene rings is 1. The summed E-state index contributed by atoms with van der Waals surface area (Å²) in [6.07, 6.45) is 1.70. The molecule has 3 amide bonds. The monoisotopic (exact) mass is 357 g/mol. The first-order chi connectivity index (χ1) is 12.5. The number of carbonyl (C=O) groups is 2. The maximum Gasteiger partial charge on any atom is 0.317 e. The molecule has 1 aromatic heterocycles. The predicted molar refractivity (Wildman–Crippen MR) is 101 cm³/mol. The van der Waals surface area contributed by atoms with E-state index in [1.54, 1.807) is 4.90 Å². The van der Waals surface area contributed by atoms with Crippen LogP contribution >= 0.6 is 0 Å². The highest BCUT2D eigenvalue weighted by molar-refractivity contribution is 5.97. The standard InChI is InChI=1S/C19H27N5O2/c1-4-8-20-19(26)24-10-5-9-23(11-12-24)18(25)15-6-7-17-16(13-15)21-14(2)22(17)3/h6-7,13H,4-5,8-12H2,1-3H3,(H,20,26). The SMILES string of the molecule is CCCNC(=O)N1CCCN(C(=O)c2ccc3c(c2)nc(C)n3C)CC1. The third kappa shape index (κ3) is 3.66. The van der Waals surface area contributed by atoms with Crippen LogP contribution in [0.15, 0.2) is 18.2 Å². The molecular weight excluding hydrogens is 330 g/mol. The van der Waals surface area contributed by atoms with Crippen molar-refractivity contribution >= 4 is 23.0 Å². The van der Waals surface area contributed by atoms with Crippen LogP contribution in [0.2, 0.25) is 0 Å². The van der Waals surface area contributed by atoms with E-state index in [0.29, 0.717) is 38.3 Å². The fourth-order valence-electron chi connectivity index (χ4n) is 3.30. The molecule has 0 aliphatic carbocycles. The molecule has 0 unspecified atom stereocenters. The molecule has 0 saturated carbocycles. The van der Waals surface area contributed by atoms with Crippen molar-refractivity contribution in [3.05, 3.63) is 29.6 Å². The normalized spacial score (nSPS) is 15.2. The van der Waals surface area contributed by atoms with E-state index in [1.807, 2.05) is 48.6 Å². The molecule has 140 valence electrons. The third-order valence-electron chi connectivity index (χ3n) is 4.95. The van der Waals surface area contributed by atoms with Crippen LogP contribution in [-0.2, 0) is 7.05 Å².